The van der Waals surface area contributed by atoms with Gasteiger partial charge < -0.3 is 39.9 Å². The monoisotopic (exact) mass is 762 g/mol. The maximum Gasteiger partial charge on any atom is 0.407 e. The lowest BCUT2D eigenvalue weighted by Crippen LogP contribution is -2.51. The van der Waals surface area contributed by atoms with E-state index in [1.54, 1.807) is 0 Å². The van der Waals surface area contributed by atoms with Gasteiger partial charge in [-0.25, -0.2) is 19.6 Å². The van der Waals surface area contributed by atoms with Crippen molar-refractivity contribution in [1.82, 2.24) is 40.4 Å². The Bertz CT molecular complexity index is 2260. The molecule has 4 amide bonds. The number of nitrogens with one attached hydrogen (secondary N) is 4. The number of carbonyl (C=O) groups excluding carboxylic acids is 4. The van der Waals surface area contributed by atoms with Crippen molar-refractivity contribution in [3.63, 3.8) is 0 Å². The first-order valence-electron chi connectivity index (χ1n) is 19.3. The van der Waals surface area contributed by atoms with Crippen LogP contribution in [0.2, 0.25) is 0 Å². The van der Waals surface area contributed by atoms with Gasteiger partial charge in [0.1, 0.15) is 23.7 Å². The number of amides is 4. The molecule has 0 aliphatic carbocycles. The molecule has 2 aliphatic heterocycles. The summed E-state index contributed by atoms with van der Waals surface area (Å²) in [5.41, 5.74) is 5.65. The third kappa shape index (κ3) is 7.64. The van der Waals surface area contributed by atoms with E-state index >= 15 is 0 Å². The zero-order valence-electron chi connectivity index (χ0n) is 32.7. The van der Waals surface area contributed by atoms with E-state index in [0.717, 1.165) is 81.5 Å². The fourth-order valence-electron chi connectivity index (χ4n) is 8.00. The van der Waals surface area contributed by atoms with Crippen LogP contribution in [0.25, 0.3) is 44.2 Å². The van der Waals surface area contributed by atoms with Crippen molar-refractivity contribution in [3.05, 3.63) is 72.4 Å². The average molecular weight is 763 g/mol. The number of alkyl carbamates (subject to hydrolysis) is 2. The Morgan fingerprint density at radius 2 is 1.21 bits per heavy atom. The first kappa shape index (κ1) is 38.4. The Labute approximate surface area is 325 Å². The van der Waals surface area contributed by atoms with Crippen LogP contribution in [0.3, 0.4) is 0 Å². The SMILES string of the molecule is COC(=O)N[C@H](C(=O)N1CCC[C@H]1c1ncc(-c2ccc3cc(-c4ccc5nc([C@@H]6CCCN6C(=O)[C@@H](NC(=O)OC)C(C)C)[nH]c5c4)ccc3c2)[nH]1)C(C)C. The predicted molar refractivity (Wildman–Crippen MR) is 212 cm³/mol. The smallest absolute Gasteiger partial charge is 0.407 e. The molecule has 3 aromatic carbocycles. The number of imidazole rings is 2. The third-order valence-electron chi connectivity index (χ3n) is 11.1. The number of ether oxygens (including phenoxy) is 2. The number of hydrogen-bond donors (Lipinski definition) is 4. The van der Waals surface area contributed by atoms with Crippen LogP contribution in [-0.2, 0) is 19.1 Å². The summed E-state index contributed by atoms with van der Waals surface area (Å²) in [5.74, 6) is 0.963. The van der Waals surface area contributed by atoms with E-state index in [1.165, 1.54) is 14.2 Å². The summed E-state index contributed by atoms with van der Waals surface area (Å²) in [5, 5.41) is 7.57. The predicted octanol–water partition coefficient (Wildman–Crippen LogP) is 6.86. The molecular formula is C42H50N8O6. The molecule has 4 atom stereocenters. The lowest BCUT2D eigenvalue weighted by Gasteiger charge is -2.30. The quantitative estimate of drug-likeness (QED) is 0.119. The van der Waals surface area contributed by atoms with Crippen molar-refractivity contribution in [2.75, 3.05) is 27.3 Å². The van der Waals surface area contributed by atoms with Crippen LogP contribution < -0.4 is 10.6 Å². The number of aromatic nitrogens is 4. The second-order valence-corrected chi connectivity index (χ2v) is 15.4. The molecule has 4 heterocycles. The molecule has 2 aromatic heterocycles. The normalized spacial score (nSPS) is 18.1. The highest BCUT2D eigenvalue weighted by Gasteiger charge is 2.39. The molecule has 5 aromatic rings. The highest BCUT2D eigenvalue weighted by atomic mass is 16.5. The highest BCUT2D eigenvalue weighted by molar-refractivity contribution is 5.92. The van der Waals surface area contributed by atoms with Crippen LogP contribution in [0.5, 0.6) is 0 Å². The zero-order valence-corrected chi connectivity index (χ0v) is 32.7. The van der Waals surface area contributed by atoms with Crippen molar-refractivity contribution in [1.29, 1.82) is 0 Å². The standard InChI is InChI=1S/C42H50N8O6/c1-23(2)35(47-41(53)55-5)39(51)49-17-7-9-33(49)37-43-22-32(46-37)29-14-13-25-19-26(11-12-27(25)20-29)28-15-16-30-31(21-28)45-38(44-30)34-10-8-18-50(34)40(52)36(24(3)4)48-42(54)56-6/h11-16,19-24,33-36H,7-10,17-18H2,1-6H3,(H,43,46)(H,44,45)(H,47,53)(H,48,54)/t33-,34-,35-,36-/m0/s1. The van der Waals surface area contributed by atoms with Crippen molar-refractivity contribution in [2.24, 2.45) is 11.8 Å². The van der Waals surface area contributed by atoms with Gasteiger partial charge in [-0.2, -0.15) is 0 Å². The largest absolute Gasteiger partial charge is 0.453 e. The number of nitrogens with zero attached hydrogens (tertiary/aromatic N) is 4. The molecule has 2 saturated heterocycles. The molecule has 14 nitrogen and oxygen atoms in total. The van der Waals surface area contributed by atoms with Gasteiger partial charge in [-0.3, -0.25) is 9.59 Å². The zero-order chi connectivity index (χ0) is 39.7. The highest BCUT2D eigenvalue weighted by Crippen LogP contribution is 2.36. The summed E-state index contributed by atoms with van der Waals surface area (Å²) in [4.78, 5) is 71.4. The number of hydrogen-bond acceptors (Lipinski definition) is 8. The van der Waals surface area contributed by atoms with Gasteiger partial charge in [0.05, 0.1) is 49.2 Å². The number of fused-ring (bicyclic) bond motifs is 2. The fraction of sp³-hybridized carbons (Fsp3) is 0.429. The van der Waals surface area contributed by atoms with E-state index in [2.05, 4.69) is 69.1 Å². The average Bonchev–Trinajstić information content (AvgIpc) is 4.03. The van der Waals surface area contributed by atoms with Gasteiger partial charge in [0.15, 0.2) is 0 Å². The van der Waals surface area contributed by atoms with E-state index < -0.39 is 24.3 Å². The van der Waals surface area contributed by atoms with E-state index in [9.17, 15) is 19.2 Å². The third-order valence-corrected chi connectivity index (χ3v) is 11.1. The molecule has 7 rings (SSSR count). The Morgan fingerprint density at radius 1 is 0.696 bits per heavy atom. The van der Waals surface area contributed by atoms with Gasteiger partial charge in [0, 0.05) is 18.7 Å². The number of carbonyl (C=O) groups is 4. The Hall–Kier alpha value is -5.92. The molecule has 0 unspecified atom stereocenters. The minimum absolute atomic E-state index is 0.108. The Kier molecular flexibility index (Phi) is 11.0. The topological polar surface area (TPSA) is 175 Å². The molecule has 4 N–H and O–H groups in total. The van der Waals surface area contributed by atoms with E-state index in [0.29, 0.717) is 13.1 Å². The van der Waals surface area contributed by atoms with Crippen LogP contribution in [0.4, 0.5) is 9.59 Å². The fourth-order valence-corrected chi connectivity index (χ4v) is 8.00. The van der Waals surface area contributed by atoms with Crippen LogP contribution in [-0.4, -0.2) is 93.1 Å². The molecule has 56 heavy (non-hydrogen) atoms. The molecule has 2 aliphatic rings. The van der Waals surface area contributed by atoms with Gasteiger partial charge >= 0.3 is 12.2 Å². The molecular weight excluding hydrogens is 713 g/mol. The van der Waals surface area contributed by atoms with Gasteiger partial charge in [0.2, 0.25) is 11.8 Å². The molecule has 294 valence electrons. The van der Waals surface area contributed by atoms with E-state index in [-0.39, 0.29) is 35.7 Å². The number of aromatic amines is 2. The number of likely N-dealkylation sites (tertiary alicyclic amines) is 2. The second kappa shape index (κ2) is 16.0. The Balaban J connectivity index is 1.07. The van der Waals surface area contributed by atoms with E-state index in [1.807, 2.05) is 49.8 Å². The van der Waals surface area contributed by atoms with E-state index in [4.69, 9.17) is 19.4 Å². The summed E-state index contributed by atoms with van der Waals surface area (Å²) >= 11 is 0. The van der Waals surface area contributed by atoms with Crippen molar-refractivity contribution >= 4 is 45.8 Å². The molecule has 14 heteroatoms. The van der Waals surface area contributed by atoms with Crippen LogP contribution in [0.15, 0.2) is 60.8 Å². The van der Waals surface area contributed by atoms with Crippen LogP contribution in [0, 0.1) is 11.8 Å². The number of methoxy groups -OCH3 is 2. The minimum Gasteiger partial charge on any atom is -0.453 e. The lowest BCUT2D eigenvalue weighted by molar-refractivity contribution is -0.136. The number of H-pyrrole nitrogens is 2. The summed E-state index contributed by atoms with van der Waals surface area (Å²) in [7, 11) is 2.58. The van der Waals surface area contributed by atoms with Gasteiger partial charge in [-0.05, 0) is 83.7 Å². The summed E-state index contributed by atoms with van der Waals surface area (Å²) in [6, 6.07) is 17.0. The molecule has 0 bridgehead atoms. The molecule has 0 saturated carbocycles. The summed E-state index contributed by atoms with van der Waals surface area (Å²) < 4.78 is 9.54. The number of benzene rings is 3. The summed E-state index contributed by atoms with van der Waals surface area (Å²) in [6.45, 7) is 8.80. The molecule has 2 fully saturated rings. The molecule has 0 spiro atoms. The second-order valence-electron chi connectivity index (χ2n) is 15.4. The van der Waals surface area contributed by atoms with Gasteiger partial charge in [-0.15, -0.1) is 0 Å². The molecule has 0 radical (unpaired) electrons. The first-order chi connectivity index (χ1) is 26.9. The lowest BCUT2D eigenvalue weighted by atomic mass is 9.99. The maximum atomic E-state index is 13.6. The first-order valence-corrected chi connectivity index (χ1v) is 19.3. The minimum atomic E-state index is -0.693. The number of rotatable bonds is 10. The van der Waals surface area contributed by atoms with Crippen molar-refractivity contribution < 1.29 is 28.7 Å². The maximum absolute atomic E-state index is 13.6. The van der Waals surface area contributed by atoms with Crippen LogP contribution >= 0.6 is 0 Å². The summed E-state index contributed by atoms with van der Waals surface area (Å²) in [6.07, 6.45) is 3.82. The van der Waals surface area contributed by atoms with Gasteiger partial charge in [-0.1, -0.05) is 58.0 Å². The van der Waals surface area contributed by atoms with Crippen LogP contribution in [0.1, 0.15) is 77.1 Å². The van der Waals surface area contributed by atoms with Gasteiger partial charge in [0.25, 0.3) is 0 Å². The van der Waals surface area contributed by atoms with Crippen molar-refractivity contribution in [2.45, 2.75) is 77.5 Å². The van der Waals surface area contributed by atoms with Crippen molar-refractivity contribution in [3.8, 4) is 22.4 Å². The Morgan fingerprint density at radius 3 is 1.79 bits per heavy atom.